The first-order valence-corrected chi connectivity index (χ1v) is 7.27. The van der Waals surface area contributed by atoms with Gasteiger partial charge in [0.15, 0.2) is 0 Å². The summed E-state index contributed by atoms with van der Waals surface area (Å²) in [5.41, 5.74) is 0. The normalized spacial score (nSPS) is 14.9. The second-order valence-electron chi connectivity index (χ2n) is 4.03. The topological polar surface area (TPSA) is 89.4 Å². The largest absolute Gasteiger partial charge is 0.344 e. The van der Waals surface area contributed by atoms with Crippen LogP contribution in [0.3, 0.4) is 0 Å². The number of hydrogen-bond acceptors (Lipinski definition) is 3. The van der Waals surface area contributed by atoms with Gasteiger partial charge in [-0.05, 0) is 12.8 Å². The van der Waals surface area contributed by atoms with Crippen LogP contribution in [0.4, 0.5) is 13.2 Å². The van der Waals surface area contributed by atoms with E-state index in [4.69, 9.17) is 4.55 Å². The minimum Gasteiger partial charge on any atom is -0.344 e. The lowest BCUT2D eigenvalue weighted by molar-refractivity contribution is 0.169. The van der Waals surface area contributed by atoms with E-state index in [1.165, 1.54) is 0 Å². The average molecular weight is 293 g/mol. The van der Waals surface area contributed by atoms with Crippen molar-refractivity contribution in [3.63, 3.8) is 0 Å². The molecule has 0 amide bonds. The van der Waals surface area contributed by atoms with Gasteiger partial charge in [-0.25, -0.2) is 8.78 Å². The third-order valence-corrected chi connectivity index (χ3v) is 3.12. The number of rotatable bonds is 10. The van der Waals surface area contributed by atoms with Crippen LogP contribution in [-0.4, -0.2) is 37.7 Å². The summed E-state index contributed by atoms with van der Waals surface area (Å²) in [5.74, 6) is -1.20. The van der Waals surface area contributed by atoms with E-state index in [1.807, 2.05) is 0 Å². The van der Waals surface area contributed by atoms with Crippen LogP contribution in [0.25, 0.3) is 0 Å². The Bertz CT molecular complexity index is 288. The van der Waals surface area contributed by atoms with E-state index in [1.54, 1.807) is 0 Å². The van der Waals surface area contributed by atoms with Crippen molar-refractivity contribution >= 4 is 10.1 Å². The molecule has 0 aliphatic carbocycles. The second kappa shape index (κ2) is 10.6. The third kappa shape index (κ3) is 12.1. The highest BCUT2D eigenvalue weighted by molar-refractivity contribution is 7.85. The number of hydrogen-bond donors (Lipinski definition) is 2. The molecule has 18 heavy (non-hydrogen) atoms. The Morgan fingerprint density at radius 1 is 0.944 bits per heavy atom. The van der Waals surface area contributed by atoms with E-state index in [-0.39, 0.29) is 19.2 Å². The lowest BCUT2D eigenvalue weighted by Gasteiger charge is -2.11. The Morgan fingerprint density at radius 3 is 1.94 bits per heavy atom. The van der Waals surface area contributed by atoms with Gasteiger partial charge in [0.25, 0.3) is 10.1 Å². The highest BCUT2D eigenvalue weighted by Gasteiger charge is 2.25. The zero-order chi connectivity index (χ0) is 13.3. The molecule has 0 bridgehead atoms. The van der Waals surface area contributed by atoms with Gasteiger partial charge >= 0.3 is 0 Å². The maximum absolute atomic E-state index is 13.1. The minimum atomic E-state index is -4.47. The van der Waals surface area contributed by atoms with Gasteiger partial charge in [-0.15, -0.1) is 0 Å². The summed E-state index contributed by atoms with van der Waals surface area (Å²) in [5, 5.41) is 0. The Balaban J connectivity index is 0. The highest BCUT2D eigenvalue weighted by Crippen LogP contribution is 2.15. The van der Waals surface area contributed by atoms with Crippen molar-refractivity contribution in [1.82, 2.24) is 6.15 Å². The molecule has 0 radical (unpaired) electrons. The molecular formula is C10H22F3NO3S. The van der Waals surface area contributed by atoms with Gasteiger partial charge in [-0.2, -0.15) is 8.42 Å². The fraction of sp³-hybridized carbons (Fsp3) is 1.00. The molecule has 0 saturated heterocycles. The molecule has 2 atom stereocenters. The fourth-order valence-corrected chi connectivity index (χ4v) is 2.06. The van der Waals surface area contributed by atoms with E-state index in [9.17, 15) is 21.6 Å². The Morgan fingerprint density at radius 2 is 1.44 bits per heavy atom. The van der Waals surface area contributed by atoms with Crippen molar-refractivity contribution in [2.45, 2.75) is 50.9 Å². The van der Waals surface area contributed by atoms with Gasteiger partial charge in [0, 0.05) is 0 Å². The van der Waals surface area contributed by atoms with E-state index in [0.29, 0.717) is 19.3 Å². The first kappa shape index (κ1) is 20.0. The predicted molar refractivity (Wildman–Crippen MR) is 64.9 cm³/mol. The summed E-state index contributed by atoms with van der Waals surface area (Å²) < 4.78 is 66.7. The number of alkyl halides is 3. The van der Waals surface area contributed by atoms with E-state index in [0.717, 1.165) is 12.8 Å². The van der Waals surface area contributed by atoms with Crippen LogP contribution in [0.1, 0.15) is 38.5 Å². The first-order valence-electron chi connectivity index (χ1n) is 5.66. The van der Waals surface area contributed by atoms with Crippen molar-refractivity contribution in [3.8, 4) is 0 Å². The SMILES string of the molecule is N.O=S(=O)(O)CC(F)C(F)CCCCCCCF. The Labute approximate surface area is 106 Å². The van der Waals surface area contributed by atoms with Crippen LogP contribution < -0.4 is 6.15 Å². The molecule has 0 aromatic rings. The highest BCUT2D eigenvalue weighted by atomic mass is 32.2. The van der Waals surface area contributed by atoms with E-state index >= 15 is 0 Å². The smallest absolute Gasteiger partial charge is 0.267 e. The molecule has 4 N–H and O–H groups in total. The lowest BCUT2D eigenvalue weighted by Crippen LogP contribution is -2.26. The summed E-state index contributed by atoms with van der Waals surface area (Å²) in [7, 11) is -4.47. The lowest BCUT2D eigenvalue weighted by atomic mass is 10.1. The van der Waals surface area contributed by atoms with Gasteiger partial charge < -0.3 is 6.15 Å². The second-order valence-corrected chi connectivity index (χ2v) is 5.52. The van der Waals surface area contributed by atoms with Crippen LogP contribution >= 0.6 is 0 Å². The summed E-state index contributed by atoms with van der Waals surface area (Å²) >= 11 is 0. The molecule has 0 aliphatic rings. The van der Waals surface area contributed by atoms with Gasteiger partial charge in [-0.3, -0.25) is 8.94 Å². The minimum absolute atomic E-state index is 0. The van der Waals surface area contributed by atoms with Crippen molar-refractivity contribution in [1.29, 1.82) is 0 Å². The van der Waals surface area contributed by atoms with Gasteiger partial charge in [0.1, 0.15) is 18.1 Å². The van der Waals surface area contributed by atoms with Gasteiger partial charge in [-0.1, -0.05) is 25.7 Å². The monoisotopic (exact) mass is 293 g/mol. The molecule has 0 spiro atoms. The molecule has 0 heterocycles. The molecule has 4 nitrogen and oxygen atoms in total. The maximum atomic E-state index is 13.1. The third-order valence-electron chi connectivity index (χ3n) is 2.38. The maximum Gasteiger partial charge on any atom is 0.267 e. The summed E-state index contributed by atoms with van der Waals surface area (Å²) in [6, 6.07) is 0. The fourth-order valence-electron chi connectivity index (χ4n) is 1.45. The van der Waals surface area contributed by atoms with Crippen LogP contribution in [0, 0.1) is 0 Å². The average Bonchev–Trinajstić information content (AvgIpc) is 2.20. The van der Waals surface area contributed by atoms with Crippen molar-refractivity contribution < 1.29 is 26.1 Å². The van der Waals surface area contributed by atoms with Gasteiger partial charge in [0.2, 0.25) is 0 Å². The summed E-state index contributed by atoms with van der Waals surface area (Å²) in [6.45, 7) is -0.368. The molecule has 0 aromatic heterocycles. The van der Waals surface area contributed by atoms with Crippen molar-refractivity contribution in [2.24, 2.45) is 0 Å². The molecule has 0 saturated carbocycles. The standard InChI is InChI=1S/C10H19F3O3S.H3N/c11-7-5-3-1-2-4-6-9(12)10(13)8-17(14,15)16;/h9-10H,1-8H2,(H,14,15,16);1H3. The molecule has 0 rings (SSSR count). The molecule has 0 aromatic carbocycles. The molecular weight excluding hydrogens is 271 g/mol. The van der Waals surface area contributed by atoms with Crippen LogP contribution in [0.2, 0.25) is 0 Å². The quantitative estimate of drug-likeness (QED) is 0.478. The van der Waals surface area contributed by atoms with Crippen molar-refractivity contribution in [3.05, 3.63) is 0 Å². The zero-order valence-electron chi connectivity index (χ0n) is 10.3. The van der Waals surface area contributed by atoms with Crippen molar-refractivity contribution in [2.75, 3.05) is 12.4 Å². The summed E-state index contributed by atoms with van der Waals surface area (Å²) in [6.07, 6.45) is -1.09. The van der Waals surface area contributed by atoms with Crippen LogP contribution in [0.5, 0.6) is 0 Å². The number of halogens is 3. The van der Waals surface area contributed by atoms with E-state index < -0.39 is 28.2 Å². The van der Waals surface area contributed by atoms with Crippen LogP contribution in [-0.2, 0) is 10.1 Å². The van der Waals surface area contributed by atoms with E-state index in [2.05, 4.69) is 0 Å². The molecule has 2 unspecified atom stereocenters. The molecule has 0 fully saturated rings. The Hall–Kier alpha value is -0.340. The number of unbranched alkanes of at least 4 members (excludes halogenated alkanes) is 4. The van der Waals surface area contributed by atoms with Crippen LogP contribution in [0.15, 0.2) is 0 Å². The molecule has 8 heteroatoms. The molecule has 0 aliphatic heterocycles. The Kier molecular flexibility index (Phi) is 11.7. The molecule has 112 valence electrons. The predicted octanol–water partition coefficient (Wildman–Crippen LogP) is 3.02. The zero-order valence-corrected chi connectivity index (χ0v) is 11.1. The van der Waals surface area contributed by atoms with Gasteiger partial charge in [0.05, 0.1) is 6.67 Å². The first-order chi connectivity index (χ1) is 7.87. The summed E-state index contributed by atoms with van der Waals surface area (Å²) in [4.78, 5) is 0.